The van der Waals surface area contributed by atoms with Crippen molar-refractivity contribution in [2.45, 2.75) is 150 Å². The fourth-order valence-corrected chi connectivity index (χ4v) is 7.40. The van der Waals surface area contributed by atoms with Gasteiger partial charge in [0.2, 0.25) is 0 Å². The first-order valence-electron chi connectivity index (χ1n) is 19.5. The molecule has 8 unspecified atom stereocenters. The van der Waals surface area contributed by atoms with Crippen LogP contribution in [0.25, 0.3) is 0 Å². The summed E-state index contributed by atoms with van der Waals surface area (Å²) < 4.78 is 5.20. The molecule has 0 bridgehead atoms. The van der Waals surface area contributed by atoms with Crippen molar-refractivity contribution in [3.05, 3.63) is 48.1 Å². The fourth-order valence-electron chi connectivity index (χ4n) is 7.40. The van der Waals surface area contributed by atoms with Crippen LogP contribution in [-0.4, -0.2) is 49.4 Å². The predicted octanol–water partition coefficient (Wildman–Crippen LogP) is 8.96. The Kier molecular flexibility index (Phi) is 49.1. The minimum atomic E-state index is -0.510. The zero-order valence-corrected chi connectivity index (χ0v) is 41.0. The molecular weight excluding hydrogens is 718 g/mol. The Hall–Kier alpha value is -1.33. The van der Waals surface area contributed by atoms with Gasteiger partial charge in [0.15, 0.2) is 0 Å². The van der Waals surface area contributed by atoms with Crippen LogP contribution in [0.1, 0.15) is 153 Å². The molecule has 8 atom stereocenters. The van der Waals surface area contributed by atoms with Crippen molar-refractivity contribution in [3.8, 4) is 0 Å². The molecule has 0 aromatic heterocycles. The molecule has 1 rings (SSSR count). The van der Waals surface area contributed by atoms with Crippen molar-refractivity contribution in [1.82, 2.24) is 6.15 Å². The summed E-state index contributed by atoms with van der Waals surface area (Å²) in [5.41, 5.74) is 0.292. The summed E-state index contributed by atoms with van der Waals surface area (Å²) in [6.45, 7) is 33.1. The van der Waals surface area contributed by atoms with E-state index in [1.165, 1.54) is 0 Å². The maximum absolute atomic E-state index is 11.4. The number of hydrogen-bond donors (Lipinski definition) is 2. The van der Waals surface area contributed by atoms with Gasteiger partial charge in [-0.2, -0.15) is 0 Å². The maximum atomic E-state index is 11.4. The summed E-state index contributed by atoms with van der Waals surface area (Å²) in [7, 11) is 0. The van der Waals surface area contributed by atoms with Gasteiger partial charge in [0.1, 0.15) is 31.8 Å². The molecule has 4 N–H and O–H groups in total. The van der Waals surface area contributed by atoms with Gasteiger partial charge in [0, 0.05) is 30.0 Å². The van der Waals surface area contributed by atoms with Gasteiger partial charge in [-0.05, 0) is 70.3 Å². The predicted molar refractivity (Wildman–Crippen MR) is 235 cm³/mol. The SMILES string of the molecule is C.C/C=C/C(C)(C=O)C(CC)C(C)C=O.C/C=C/C(C)(CO)C(CC)C(C)C.C/C=C/C1(C)COC(=O)C(C)C1CC.CC/C=C(\C)C=O.CCC=O.N.[H-].[HH].[K+]. The summed E-state index contributed by atoms with van der Waals surface area (Å²) in [6.07, 6.45) is 22.2. The Labute approximate surface area is 385 Å². The number of aldehydes is 4. The van der Waals surface area contributed by atoms with Crippen molar-refractivity contribution in [2.24, 2.45) is 51.8 Å². The molecule has 1 saturated heterocycles. The number of esters is 1. The monoisotopic (exact) mass is 808 g/mol. The Balaban J connectivity index is -0.0000000739. The van der Waals surface area contributed by atoms with E-state index in [0.717, 1.165) is 56.4 Å². The molecule has 0 aromatic rings. The van der Waals surface area contributed by atoms with Crippen molar-refractivity contribution in [3.63, 3.8) is 0 Å². The number of aliphatic hydroxyl groups excluding tert-OH is 1. The van der Waals surface area contributed by atoms with Crippen molar-refractivity contribution in [1.29, 1.82) is 0 Å². The van der Waals surface area contributed by atoms with Crippen LogP contribution in [0.5, 0.6) is 0 Å². The Morgan fingerprint density at radius 3 is 1.71 bits per heavy atom. The number of carbonyl (C=O) groups excluding carboxylic acids is 5. The Morgan fingerprint density at radius 2 is 1.44 bits per heavy atom. The standard InChI is InChI=1S/2C12H20O2.C12H24O.C6H10O.C3H6O.CH4.K.H3N.H2.H/c1-5-7-12(4)8-14-11(13)9(3)10(12)6-2;1-5-7-12(4,9-14)11(6-2)10(3)8-13;1-6-8-12(5,9-13)11(7-2)10(3)4;1-3-4-6(2)5-7;1-2-3-4;;;;;/h5,7,9-10H,6,8H2,1-4H3;5,7-11H,6H2,1-4H3;6,8,10-11,13H,7,9H2,1-5H3;4-5H,3H2,1-2H3;3H,2H2,1H3;1H4;;1H3;1H;/q;;;;;;+1;;;-1/b2*7-5+;8-6+;6-4+;;;;;;. The third-order valence-electron chi connectivity index (χ3n) is 10.1. The molecule has 322 valence electrons. The summed E-state index contributed by atoms with van der Waals surface area (Å²) in [5, 5.41) is 9.42. The van der Waals surface area contributed by atoms with Crippen LogP contribution in [0.3, 0.4) is 0 Å². The first-order chi connectivity index (χ1) is 24.3. The summed E-state index contributed by atoms with van der Waals surface area (Å²) in [4.78, 5) is 52.2. The van der Waals surface area contributed by atoms with Gasteiger partial charge in [-0.3, -0.25) is 9.59 Å². The van der Waals surface area contributed by atoms with Crippen LogP contribution in [-0.2, 0) is 28.7 Å². The molecule has 0 amide bonds. The molecular formula is C46H90KNO7. The van der Waals surface area contributed by atoms with Crippen LogP contribution in [0.15, 0.2) is 48.1 Å². The van der Waals surface area contributed by atoms with Gasteiger partial charge < -0.3 is 31.8 Å². The zero-order valence-electron chi connectivity index (χ0n) is 38.9. The van der Waals surface area contributed by atoms with E-state index in [4.69, 9.17) is 4.74 Å². The summed E-state index contributed by atoms with van der Waals surface area (Å²) in [5.74, 6) is 1.58. The first kappa shape index (κ1) is 68.4. The van der Waals surface area contributed by atoms with E-state index < -0.39 is 5.41 Å². The molecule has 0 aromatic carbocycles. The van der Waals surface area contributed by atoms with E-state index in [-0.39, 0.29) is 109 Å². The van der Waals surface area contributed by atoms with E-state index in [0.29, 0.717) is 30.8 Å². The van der Waals surface area contributed by atoms with Crippen LogP contribution in [0.2, 0.25) is 0 Å². The van der Waals surface area contributed by atoms with Gasteiger partial charge in [0.25, 0.3) is 0 Å². The molecule has 0 saturated carbocycles. The quantitative estimate of drug-likeness (QED) is 0.0516. The van der Waals surface area contributed by atoms with Crippen LogP contribution in [0, 0.1) is 51.8 Å². The smallest absolute Gasteiger partial charge is 1.00 e. The molecule has 0 spiro atoms. The maximum Gasteiger partial charge on any atom is 1.00 e. The van der Waals surface area contributed by atoms with Gasteiger partial charge >= 0.3 is 57.4 Å². The van der Waals surface area contributed by atoms with Crippen LogP contribution < -0.4 is 57.5 Å². The fraction of sp³-hybridized carbons (Fsp3) is 0.717. The second-order valence-electron chi connectivity index (χ2n) is 14.9. The number of carbonyl (C=O) groups is 5. The molecule has 55 heavy (non-hydrogen) atoms. The molecule has 1 aliphatic rings. The molecule has 1 aliphatic heterocycles. The molecule has 0 aliphatic carbocycles. The number of cyclic esters (lactones) is 1. The number of hydrogen-bond acceptors (Lipinski definition) is 8. The number of aliphatic hydroxyl groups is 1. The largest absolute Gasteiger partial charge is 1.00 e. The first-order valence-corrected chi connectivity index (χ1v) is 19.5. The van der Waals surface area contributed by atoms with Crippen LogP contribution >= 0.6 is 0 Å². The van der Waals surface area contributed by atoms with E-state index in [9.17, 15) is 29.1 Å². The minimum Gasteiger partial charge on any atom is -1.00 e. The normalized spacial score (nSPS) is 21.4. The molecule has 1 fully saturated rings. The molecule has 0 radical (unpaired) electrons. The second kappa shape index (κ2) is 39.5. The Bertz CT molecular complexity index is 1110. The van der Waals surface area contributed by atoms with Crippen molar-refractivity contribution < 1.29 is 88.1 Å². The molecule has 1 heterocycles. The Morgan fingerprint density at radius 1 is 0.945 bits per heavy atom. The third-order valence-corrected chi connectivity index (χ3v) is 10.1. The third kappa shape index (κ3) is 27.1. The average Bonchev–Trinajstić information content (AvgIpc) is 3.11. The summed E-state index contributed by atoms with van der Waals surface area (Å²) in [6, 6.07) is 0. The number of allylic oxidation sites excluding steroid dienone is 6. The van der Waals surface area contributed by atoms with Crippen LogP contribution in [0.4, 0.5) is 0 Å². The van der Waals surface area contributed by atoms with Gasteiger partial charge in [-0.15, -0.1) is 0 Å². The average molecular weight is 808 g/mol. The number of rotatable bonds is 16. The van der Waals surface area contributed by atoms with E-state index in [1.54, 1.807) is 6.92 Å². The van der Waals surface area contributed by atoms with Gasteiger partial charge in [-0.25, -0.2) is 0 Å². The zero-order chi connectivity index (χ0) is 41.6. The van der Waals surface area contributed by atoms with Gasteiger partial charge in [-0.1, -0.05) is 145 Å². The van der Waals surface area contributed by atoms with Gasteiger partial charge in [0.05, 0.1) is 12.5 Å². The van der Waals surface area contributed by atoms with Crippen molar-refractivity contribution in [2.75, 3.05) is 13.2 Å². The number of ether oxygens (including phenoxy) is 1. The van der Waals surface area contributed by atoms with E-state index >= 15 is 0 Å². The minimum absolute atomic E-state index is 0. The summed E-state index contributed by atoms with van der Waals surface area (Å²) >= 11 is 0. The van der Waals surface area contributed by atoms with Crippen molar-refractivity contribution >= 4 is 31.1 Å². The molecule has 8 nitrogen and oxygen atoms in total. The second-order valence-corrected chi connectivity index (χ2v) is 14.9. The topological polar surface area (TPSA) is 150 Å². The van der Waals surface area contributed by atoms with E-state index in [1.807, 2.05) is 86.6 Å². The van der Waals surface area contributed by atoms with E-state index in [2.05, 4.69) is 59.8 Å². The molecule has 9 heteroatoms.